The number of carbonyl (C=O) groups excluding carboxylic acids is 4. The molecule has 1 aromatic rings. The van der Waals surface area contributed by atoms with E-state index in [0.717, 1.165) is 5.56 Å². The molecule has 30 heavy (non-hydrogen) atoms. The maximum atomic E-state index is 13.6. The second kappa shape index (κ2) is 7.67. The lowest BCUT2D eigenvalue weighted by Gasteiger charge is -2.56. The molecule has 7 nitrogen and oxygen atoms in total. The van der Waals surface area contributed by atoms with E-state index in [0.29, 0.717) is 25.7 Å². The van der Waals surface area contributed by atoms with E-state index in [4.69, 9.17) is 13.9 Å². The van der Waals surface area contributed by atoms with Crippen LogP contribution in [-0.2, 0) is 28.7 Å². The quantitative estimate of drug-likeness (QED) is 0.698. The van der Waals surface area contributed by atoms with Crippen molar-refractivity contribution in [3.8, 4) is 0 Å². The number of hydrogen-bond acceptors (Lipinski definition) is 7. The summed E-state index contributed by atoms with van der Waals surface area (Å²) in [7, 11) is 1.34. The molecule has 0 amide bonds. The first-order valence-electron chi connectivity index (χ1n) is 10.6. The average molecular weight is 416 g/mol. The van der Waals surface area contributed by atoms with Crippen LogP contribution < -0.4 is 0 Å². The molecule has 0 saturated heterocycles. The first-order valence-corrected chi connectivity index (χ1v) is 10.6. The molecule has 0 aromatic carbocycles. The van der Waals surface area contributed by atoms with Crippen molar-refractivity contribution in [3.05, 3.63) is 24.2 Å². The third-order valence-electron chi connectivity index (χ3n) is 7.75. The maximum absolute atomic E-state index is 13.6. The molecule has 1 heterocycles. The largest absolute Gasteiger partial charge is 0.472 e. The topological polar surface area (TPSA) is 99.9 Å². The first kappa shape index (κ1) is 20.8. The summed E-state index contributed by atoms with van der Waals surface area (Å²) in [6, 6.07) is 1.86. The van der Waals surface area contributed by atoms with Gasteiger partial charge in [-0.2, -0.15) is 0 Å². The van der Waals surface area contributed by atoms with Gasteiger partial charge in [0.2, 0.25) is 0 Å². The summed E-state index contributed by atoms with van der Waals surface area (Å²) < 4.78 is 15.6. The summed E-state index contributed by atoms with van der Waals surface area (Å²) in [5.41, 5.74) is 0.332. The summed E-state index contributed by atoms with van der Waals surface area (Å²) in [5.74, 6) is -2.44. The fourth-order valence-corrected chi connectivity index (χ4v) is 6.37. The molecule has 3 aliphatic rings. The van der Waals surface area contributed by atoms with Crippen molar-refractivity contribution in [2.75, 3.05) is 7.11 Å². The summed E-state index contributed by atoms with van der Waals surface area (Å²) in [6.07, 6.45) is 4.76. The van der Waals surface area contributed by atoms with Gasteiger partial charge in [-0.15, -0.1) is 0 Å². The Morgan fingerprint density at radius 1 is 1.23 bits per heavy atom. The zero-order valence-electron chi connectivity index (χ0n) is 17.6. The average Bonchev–Trinajstić information content (AvgIpc) is 3.23. The van der Waals surface area contributed by atoms with Gasteiger partial charge in [-0.25, -0.2) is 0 Å². The number of fused-ring (bicyclic) bond motifs is 3. The number of hydrogen-bond donors (Lipinski definition) is 0. The highest BCUT2D eigenvalue weighted by molar-refractivity contribution is 5.93. The van der Waals surface area contributed by atoms with Crippen LogP contribution in [0.5, 0.6) is 0 Å². The monoisotopic (exact) mass is 416 g/mol. The van der Waals surface area contributed by atoms with Crippen molar-refractivity contribution in [3.63, 3.8) is 0 Å². The summed E-state index contributed by atoms with van der Waals surface area (Å²) in [4.78, 5) is 50.9. The molecular weight excluding hydrogens is 388 g/mol. The van der Waals surface area contributed by atoms with Crippen LogP contribution in [0.25, 0.3) is 0 Å². The molecule has 1 aromatic heterocycles. The molecule has 0 aliphatic heterocycles. The number of furan rings is 1. The SMILES string of the molecule is COC(=O)[C@@H]1C[C@H](OC(C)=O)C(=O)[C@@H]2[C@H]3C[C@@H](c4ccoc4)CC(=O)[C@@H]3CC[C@]21C. The molecule has 0 unspecified atom stereocenters. The second-order valence-electron chi connectivity index (χ2n) is 9.26. The minimum atomic E-state index is -0.979. The number of rotatable bonds is 3. The van der Waals surface area contributed by atoms with Crippen molar-refractivity contribution in [2.24, 2.45) is 29.1 Å². The maximum Gasteiger partial charge on any atom is 0.309 e. The lowest BCUT2D eigenvalue weighted by Crippen LogP contribution is -2.60. The van der Waals surface area contributed by atoms with Crippen molar-refractivity contribution >= 4 is 23.5 Å². The number of methoxy groups -OCH3 is 1. The van der Waals surface area contributed by atoms with Gasteiger partial charge in [-0.3, -0.25) is 19.2 Å². The predicted octanol–water partition coefficient (Wildman–Crippen LogP) is 3.07. The predicted molar refractivity (Wildman–Crippen MR) is 104 cm³/mol. The van der Waals surface area contributed by atoms with Gasteiger partial charge in [0.25, 0.3) is 0 Å². The zero-order chi connectivity index (χ0) is 21.6. The van der Waals surface area contributed by atoms with Gasteiger partial charge in [-0.05, 0) is 48.1 Å². The molecule has 162 valence electrons. The Hall–Kier alpha value is -2.44. The highest BCUT2D eigenvalue weighted by Gasteiger charge is 2.62. The molecule has 0 spiro atoms. The highest BCUT2D eigenvalue weighted by Crippen LogP contribution is 2.60. The van der Waals surface area contributed by atoms with Crippen molar-refractivity contribution in [1.82, 2.24) is 0 Å². The Bertz CT molecular complexity index is 857. The minimum absolute atomic E-state index is 0.0154. The van der Waals surface area contributed by atoms with Crippen LogP contribution in [-0.4, -0.2) is 36.7 Å². The van der Waals surface area contributed by atoms with Crippen LogP contribution in [0.4, 0.5) is 0 Å². The van der Waals surface area contributed by atoms with Crippen molar-refractivity contribution < 1.29 is 33.1 Å². The molecule has 3 saturated carbocycles. The van der Waals surface area contributed by atoms with Gasteiger partial charge in [-0.1, -0.05) is 6.92 Å². The molecule has 4 rings (SSSR count). The molecule has 7 heteroatoms. The van der Waals surface area contributed by atoms with Crippen molar-refractivity contribution in [2.45, 2.75) is 58.0 Å². The Morgan fingerprint density at radius 3 is 2.63 bits per heavy atom. The molecular formula is C23H28O7. The number of carbonyl (C=O) groups is 4. The van der Waals surface area contributed by atoms with Gasteiger partial charge >= 0.3 is 11.9 Å². The van der Waals surface area contributed by atoms with Crippen LogP contribution >= 0.6 is 0 Å². The minimum Gasteiger partial charge on any atom is -0.472 e. The Morgan fingerprint density at radius 2 is 2.00 bits per heavy atom. The van der Waals surface area contributed by atoms with Gasteiger partial charge in [0.1, 0.15) is 5.78 Å². The highest BCUT2D eigenvalue weighted by atomic mass is 16.5. The number of ketones is 2. The van der Waals surface area contributed by atoms with E-state index in [2.05, 4.69) is 0 Å². The lowest BCUT2D eigenvalue weighted by molar-refractivity contribution is -0.183. The first-order chi connectivity index (χ1) is 14.3. The third-order valence-corrected chi connectivity index (χ3v) is 7.75. The summed E-state index contributed by atoms with van der Waals surface area (Å²) in [6.45, 7) is 3.22. The van der Waals surface area contributed by atoms with Gasteiger partial charge in [0, 0.05) is 31.6 Å². The van der Waals surface area contributed by atoms with E-state index in [-0.39, 0.29) is 41.7 Å². The summed E-state index contributed by atoms with van der Waals surface area (Å²) in [5, 5.41) is 0. The van der Waals surface area contributed by atoms with Crippen LogP contribution in [0.2, 0.25) is 0 Å². The molecule has 0 radical (unpaired) electrons. The van der Waals surface area contributed by atoms with Crippen molar-refractivity contribution in [1.29, 1.82) is 0 Å². The number of ether oxygens (including phenoxy) is 2. The van der Waals surface area contributed by atoms with Gasteiger partial charge < -0.3 is 13.9 Å². The third kappa shape index (κ3) is 3.28. The summed E-state index contributed by atoms with van der Waals surface area (Å²) >= 11 is 0. The van der Waals surface area contributed by atoms with E-state index in [1.54, 1.807) is 12.5 Å². The molecule has 0 N–H and O–H groups in total. The lowest BCUT2D eigenvalue weighted by atomic mass is 9.46. The standard InChI is InChI=1S/C23H28O7/c1-12(24)30-19-10-17(22(27)28-3)23(2)6-4-15-16(20(23)21(19)26)8-14(9-18(15)25)13-5-7-29-11-13/h5,7,11,14-17,19-20H,4,6,8-10H2,1-3H3/t14-,15-,16+,17+,19+,20+,23+/m1/s1. The Kier molecular flexibility index (Phi) is 5.32. The number of esters is 2. The fourth-order valence-electron chi connectivity index (χ4n) is 6.37. The molecule has 7 atom stereocenters. The smallest absolute Gasteiger partial charge is 0.309 e. The zero-order valence-corrected chi connectivity index (χ0v) is 17.6. The van der Waals surface area contributed by atoms with E-state index >= 15 is 0 Å². The van der Waals surface area contributed by atoms with Crippen LogP contribution in [0.15, 0.2) is 23.0 Å². The normalized spacial score (nSPS) is 38.4. The van der Waals surface area contributed by atoms with Gasteiger partial charge in [0.05, 0.1) is 25.6 Å². The Labute approximate surface area is 175 Å². The van der Waals surface area contributed by atoms with E-state index in [1.165, 1.54) is 14.0 Å². The van der Waals surface area contributed by atoms with Crippen LogP contribution in [0, 0.1) is 29.1 Å². The Balaban J connectivity index is 1.73. The number of Topliss-reactive ketones (excluding diaryl/α,β-unsaturated/α-hetero) is 2. The molecule has 0 bridgehead atoms. The van der Waals surface area contributed by atoms with Gasteiger partial charge in [0.15, 0.2) is 11.9 Å². The fraction of sp³-hybridized carbons (Fsp3) is 0.652. The van der Waals surface area contributed by atoms with Crippen LogP contribution in [0.3, 0.4) is 0 Å². The molecule has 3 aliphatic carbocycles. The molecule has 3 fully saturated rings. The second-order valence-corrected chi connectivity index (χ2v) is 9.26. The van der Waals surface area contributed by atoms with Crippen LogP contribution in [0.1, 0.15) is 57.4 Å². The van der Waals surface area contributed by atoms with E-state index in [1.807, 2.05) is 13.0 Å². The van der Waals surface area contributed by atoms with E-state index < -0.39 is 29.3 Å². The van der Waals surface area contributed by atoms with E-state index in [9.17, 15) is 19.2 Å².